The van der Waals surface area contributed by atoms with Crippen molar-refractivity contribution in [3.8, 4) is 0 Å². The first-order chi connectivity index (χ1) is 14.1. The summed E-state index contributed by atoms with van der Waals surface area (Å²) in [6.07, 6.45) is 12.7. The number of rotatable bonds is 11. The summed E-state index contributed by atoms with van der Waals surface area (Å²) in [6, 6.07) is 10.2. The maximum atomic E-state index is 10.6. The van der Waals surface area contributed by atoms with Crippen LogP contribution in [0.4, 0.5) is 0 Å². The first-order valence-corrected chi connectivity index (χ1v) is 10.7. The molecule has 0 aliphatic carbocycles. The van der Waals surface area contributed by atoms with Gasteiger partial charge in [-0.1, -0.05) is 54.6 Å². The van der Waals surface area contributed by atoms with Crippen LogP contribution < -0.4 is 0 Å². The van der Waals surface area contributed by atoms with Gasteiger partial charge in [0, 0.05) is 18.3 Å². The first kappa shape index (κ1) is 20.3. The minimum atomic E-state index is -0.743. The number of aryl methyl sites for hydroxylation is 1. The van der Waals surface area contributed by atoms with Crippen molar-refractivity contribution in [1.29, 1.82) is 0 Å². The van der Waals surface area contributed by atoms with Gasteiger partial charge >= 0.3 is 5.97 Å². The summed E-state index contributed by atoms with van der Waals surface area (Å²) in [5.41, 5.74) is 1.24. The molecule has 5 nitrogen and oxygen atoms in total. The highest BCUT2D eigenvalue weighted by Gasteiger charge is 2.68. The highest BCUT2D eigenvalue weighted by atomic mass is 16.7. The zero-order chi connectivity index (χ0) is 20.2. The Labute approximate surface area is 172 Å². The average molecular weight is 398 g/mol. The minimum Gasteiger partial charge on any atom is -0.481 e. The van der Waals surface area contributed by atoms with Crippen LogP contribution >= 0.6 is 0 Å². The van der Waals surface area contributed by atoms with Crippen LogP contribution in [-0.4, -0.2) is 46.7 Å². The molecule has 5 heteroatoms. The molecule has 3 fully saturated rings. The van der Waals surface area contributed by atoms with Crippen molar-refractivity contribution in [2.24, 2.45) is 11.8 Å². The number of hydrogen-bond donors (Lipinski definition) is 2. The van der Waals surface area contributed by atoms with Gasteiger partial charge in [0.25, 0.3) is 0 Å². The van der Waals surface area contributed by atoms with Crippen LogP contribution in [0.15, 0.2) is 54.6 Å². The molecule has 0 amide bonds. The molecule has 4 rings (SSSR count). The molecule has 1 aromatic rings. The van der Waals surface area contributed by atoms with Crippen LogP contribution in [0, 0.1) is 11.8 Å². The summed E-state index contributed by atoms with van der Waals surface area (Å²) in [5, 5.41) is 19.1. The van der Waals surface area contributed by atoms with Crippen LogP contribution in [0.5, 0.6) is 0 Å². The van der Waals surface area contributed by atoms with Crippen LogP contribution in [0.2, 0.25) is 0 Å². The highest BCUT2D eigenvalue weighted by Crippen LogP contribution is 2.55. The van der Waals surface area contributed by atoms with Crippen molar-refractivity contribution in [3.05, 3.63) is 60.2 Å². The number of epoxide rings is 1. The summed E-state index contributed by atoms with van der Waals surface area (Å²) in [5.74, 6) is -0.122. The summed E-state index contributed by atoms with van der Waals surface area (Å²) in [4.78, 5) is 10.6. The van der Waals surface area contributed by atoms with Gasteiger partial charge in [0.15, 0.2) is 0 Å². The Bertz CT molecular complexity index is 743. The van der Waals surface area contributed by atoms with E-state index in [0.717, 1.165) is 19.3 Å². The van der Waals surface area contributed by atoms with Crippen LogP contribution in [0.25, 0.3) is 0 Å². The molecule has 1 aromatic carbocycles. The molecule has 3 aliphatic heterocycles. The van der Waals surface area contributed by atoms with E-state index >= 15 is 0 Å². The normalized spacial score (nSPS) is 33.4. The second-order valence-electron chi connectivity index (χ2n) is 8.34. The van der Waals surface area contributed by atoms with E-state index in [0.29, 0.717) is 18.8 Å². The van der Waals surface area contributed by atoms with Gasteiger partial charge in [0.1, 0.15) is 12.2 Å². The third-order valence-electron chi connectivity index (χ3n) is 6.28. The number of benzene rings is 1. The first-order valence-electron chi connectivity index (χ1n) is 10.7. The van der Waals surface area contributed by atoms with E-state index in [1.54, 1.807) is 0 Å². The second kappa shape index (κ2) is 9.24. The fourth-order valence-corrected chi connectivity index (χ4v) is 4.72. The predicted molar refractivity (Wildman–Crippen MR) is 109 cm³/mol. The second-order valence-corrected chi connectivity index (χ2v) is 8.34. The van der Waals surface area contributed by atoms with E-state index in [2.05, 4.69) is 30.4 Å². The number of carboxylic acid groups (broad SMARTS) is 1. The van der Waals surface area contributed by atoms with Crippen LogP contribution in [-0.2, 0) is 20.7 Å². The average Bonchev–Trinajstić information content (AvgIpc) is 3.35. The lowest BCUT2D eigenvalue weighted by Gasteiger charge is -2.22. The fraction of sp³-hybridized carbons (Fsp3) is 0.542. The molecular formula is C24H30O5. The Balaban J connectivity index is 1.28. The highest BCUT2D eigenvalue weighted by molar-refractivity contribution is 5.66. The topological polar surface area (TPSA) is 79.3 Å². The third-order valence-corrected chi connectivity index (χ3v) is 6.28. The molecule has 0 spiro atoms. The molecule has 7 unspecified atom stereocenters. The molecule has 3 heterocycles. The smallest absolute Gasteiger partial charge is 0.303 e. The van der Waals surface area contributed by atoms with Gasteiger partial charge in [-0.2, -0.15) is 0 Å². The molecule has 156 valence electrons. The predicted octanol–water partition coefficient (Wildman–Crippen LogP) is 3.52. The molecule has 0 aromatic heterocycles. The zero-order valence-corrected chi connectivity index (χ0v) is 16.6. The van der Waals surface area contributed by atoms with Gasteiger partial charge in [0.2, 0.25) is 0 Å². The zero-order valence-electron chi connectivity index (χ0n) is 16.6. The molecule has 7 atom stereocenters. The number of aliphatic carboxylic acids is 1. The minimum absolute atomic E-state index is 0.105. The van der Waals surface area contributed by atoms with Crippen molar-refractivity contribution in [3.63, 3.8) is 0 Å². The lowest BCUT2D eigenvalue weighted by atomic mass is 9.77. The van der Waals surface area contributed by atoms with E-state index in [4.69, 9.17) is 14.6 Å². The van der Waals surface area contributed by atoms with Crippen molar-refractivity contribution in [2.75, 3.05) is 0 Å². The van der Waals surface area contributed by atoms with E-state index in [1.165, 1.54) is 5.56 Å². The van der Waals surface area contributed by atoms with Crippen molar-refractivity contribution in [2.45, 2.75) is 69.0 Å². The van der Waals surface area contributed by atoms with Gasteiger partial charge in [-0.3, -0.25) is 4.79 Å². The molecule has 3 aliphatic rings. The van der Waals surface area contributed by atoms with E-state index in [-0.39, 0.29) is 36.8 Å². The number of carboxylic acids is 1. The van der Waals surface area contributed by atoms with E-state index < -0.39 is 12.1 Å². The summed E-state index contributed by atoms with van der Waals surface area (Å²) in [6.45, 7) is 0. The number of carbonyl (C=O) groups is 1. The number of ether oxygens (including phenoxy) is 2. The number of fused-ring (bicyclic) bond motifs is 5. The Morgan fingerprint density at radius 2 is 1.83 bits per heavy atom. The van der Waals surface area contributed by atoms with E-state index in [1.807, 2.05) is 24.3 Å². The lowest BCUT2D eigenvalue weighted by molar-refractivity contribution is -0.137. The maximum absolute atomic E-state index is 10.6. The molecule has 0 radical (unpaired) electrons. The molecular weight excluding hydrogens is 368 g/mol. The van der Waals surface area contributed by atoms with Gasteiger partial charge in [-0.15, -0.1) is 0 Å². The Morgan fingerprint density at radius 1 is 1.07 bits per heavy atom. The number of hydrogen-bond acceptors (Lipinski definition) is 4. The van der Waals surface area contributed by atoms with Gasteiger partial charge in [-0.25, -0.2) is 0 Å². The Morgan fingerprint density at radius 3 is 2.62 bits per heavy atom. The Kier molecular flexibility index (Phi) is 6.48. The van der Waals surface area contributed by atoms with Gasteiger partial charge in [0.05, 0.1) is 18.3 Å². The quantitative estimate of drug-likeness (QED) is 0.339. The summed E-state index contributed by atoms with van der Waals surface area (Å²) in [7, 11) is 0. The van der Waals surface area contributed by atoms with Gasteiger partial charge in [-0.05, 0) is 37.7 Å². The number of allylic oxidation sites excluding steroid dienone is 2. The Hall–Kier alpha value is -1.95. The van der Waals surface area contributed by atoms with Crippen LogP contribution in [0.1, 0.15) is 37.7 Å². The molecule has 2 N–H and O–H groups in total. The molecule has 0 saturated carbocycles. The summed E-state index contributed by atoms with van der Waals surface area (Å²) < 4.78 is 11.9. The van der Waals surface area contributed by atoms with E-state index in [9.17, 15) is 9.90 Å². The molecule has 29 heavy (non-hydrogen) atoms. The number of aliphatic hydroxyl groups excluding tert-OH is 1. The monoisotopic (exact) mass is 398 g/mol. The van der Waals surface area contributed by atoms with Crippen LogP contribution in [0.3, 0.4) is 0 Å². The van der Waals surface area contributed by atoms with Crippen molar-refractivity contribution in [1.82, 2.24) is 0 Å². The third kappa shape index (κ3) is 4.97. The van der Waals surface area contributed by atoms with Gasteiger partial charge < -0.3 is 19.7 Å². The summed E-state index contributed by atoms with van der Waals surface area (Å²) >= 11 is 0. The van der Waals surface area contributed by atoms with Crippen molar-refractivity contribution >= 4 is 5.97 Å². The lowest BCUT2D eigenvalue weighted by Crippen LogP contribution is -2.31. The number of aliphatic hydroxyl groups is 1. The molecule has 3 saturated heterocycles. The largest absolute Gasteiger partial charge is 0.481 e. The standard InChI is InChI=1S/C24H30O5/c25-17(13-12-16-8-4-3-5-9-16)14-15-19-18(10-6-1-2-7-11-20(26)27)21-23-24(29-23)22(19)28-21/h1,3-6,8-9,14-15,17-19,21-25H,2,7,10-13H2,(H,26,27). The van der Waals surface area contributed by atoms with Crippen molar-refractivity contribution < 1.29 is 24.5 Å². The SMILES string of the molecule is O=C(O)CCCC=CCC1C(C=CC(O)CCc2ccccc2)C2OC1C1OC21. The maximum Gasteiger partial charge on any atom is 0.303 e. The molecule has 2 bridgehead atoms. The fourth-order valence-electron chi connectivity index (χ4n) is 4.72. The number of unbranched alkanes of at least 4 members (excludes halogenated alkanes) is 1.